The van der Waals surface area contributed by atoms with Crippen molar-refractivity contribution in [2.45, 2.75) is 11.8 Å². The Balaban J connectivity index is 1.92. The molecule has 0 fully saturated rings. The van der Waals surface area contributed by atoms with Gasteiger partial charge in [-0.1, -0.05) is 18.2 Å². The summed E-state index contributed by atoms with van der Waals surface area (Å²) in [4.78, 5) is 0. The molecular weight excluding hydrogens is 279 g/mol. The number of halogens is 2. The van der Waals surface area contributed by atoms with E-state index in [0.29, 0.717) is 12.2 Å². The summed E-state index contributed by atoms with van der Waals surface area (Å²) in [7, 11) is 1.44. The molecular formula is C16H14ClFO2. The lowest BCUT2D eigenvalue weighted by atomic mass is 10.0. The summed E-state index contributed by atoms with van der Waals surface area (Å²) in [6.45, 7) is 0.711. The number of hydrogen-bond acceptors (Lipinski definition) is 2. The molecule has 1 unspecified atom stereocenters. The monoisotopic (exact) mass is 292 g/mol. The van der Waals surface area contributed by atoms with Gasteiger partial charge in [0.1, 0.15) is 5.75 Å². The van der Waals surface area contributed by atoms with Crippen LogP contribution < -0.4 is 9.47 Å². The second-order valence-electron chi connectivity index (χ2n) is 4.72. The highest BCUT2D eigenvalue weighted by Crippen LogP contribution is 2.35. The van der Waals surface area contributed by atoms with Gasteiger partial charge in [-0.05, 0) is 34.9 Å². The third-order valence-corrected chi connectivity index (χ3v) is 3.98. The predicted octanol–water partition coefficient (Wildman–Crippen LogP) is 4.10. The molecule has 1 aliphatic heterocycles. The maximum absolute atomic E-state index is 13.7. The average molecular weight is 293 g/mol. The van der Waals surface area contributed by atoms with Crippen LogP contribution in [-0.2, 0) is 6.42 Å². The number of fused-ring (bicyclic) bond motifs is 1. The van der Waals surface area contributed by atoms with Gasteiger partial charge in [-0.15, -0.1) is 11.6 Å². The zero-order chi connectivity index (χ0) is 14.1. The van der Waals surface area contributed by atoms with E-state index in [1.54, 1.807) is 12.1 Å². The van der Waals surface area contributed by atoms with Crippen LogP contribution in [0.4, 0.5) is 4.39 Å². The Bertz CT molecular complexity index is 642. The smallest absolute Gasteiger partial charge is 0.165 e. The van der Waals surface area contributed by atoms with Gasteiger partial charge in [0.25, 0.3) is 0 Å². The fourth-order valence-electron chi connectivity index (χ4n) is 2.40. The summed E-state index contributed by atoms with van der Waals surface area (Å²) in [5.74, 6) is 0.735. The van der Waals surface area contributed by atoms with Crippen LogP contribution in [0.5, 0.6) is 11.5 Å². The lowest BCUT2D eigenvalue weighted by molar-refractivity contribution is 0.357. The van der Waals surface area contributed by atoms with Crippen LogP contribution in [0.1, 0.15) is 22.1 Å². The molecule has 4 heteroatoms. The van der Waals surface area contributed by atoms with E-state index in [9.17, 15) is 4.39 Å². The molecule has 2 aromatic carbocycles. The summed E-state index contributed by atoms with van der Waals surface area (Å²) >= 11 is 6.45. The van der Waals surface area contributed by atoms with Crippen molar-refractivity contribution in [2.24, 2.45) is 0 Å². The van der Waals surface area contributed by atoms with E-state index in [0.717, 1.165) is 23.3 Å². The van der Waals surface area contributed by atoms with Crippen LogP contribution in [-0.4, -0.2) is 13.7 Å². The van der Waals surface area contributed by atoms with Gasteiger partial charge < -0.3 is 9.47 Å². The van der Waals surface area contributed by atoms with Gasteiger partial charge in [0.15, 0.2) is 11.6 Å². The molecule has 20 heavy (non-hydrogen) atoms. The van der Waals surface area contributed by atoms with E-state index >= 15 is 0 Å². The van der Waals surface area contributed by atoms with Crippen LogP contribution >= 0.6 is 11.6 Å². The second-order valence-corrected chi connectivity index (χ2v) is 5.16. The molecule has 1 aliphatic rings. The lowest BCUT2D eigenvalue weighted by Gasteiger charge is -2.13. The topological polar surface area (TPSA) is 18.5 Å². The minimum Gasteiger partial charge on any atom is -0.494 e. The summed E-state index contributed by atoms with van der Waals surface area (Å²) in [6, 6.07) is 10.7. The largest absolute Gasteiger partial charge is 0.494 e. The number of methoxy groups -OCH3 is 1. The Labute approximate surface area is 122 Å². The molecule has 0 saturated heterocycles. The maximum Gasteiger partial charge on any atom is 0.165 e. The van der Waals surface area contributed by atoms with E-state index in [-0.39, 0.29) is 11.1 Å². The zero-order valence-corrected chi connectivity index (χ0v) is 11.8. The van der Waals surface area contributed by atoms with Crippen molar-refractivity contribution in [3.63, 3.8) is 0 Å². The van der Waals surface area contributed by atoms with Crippen molar-refractivity contribution in [3.05, 3.63) is 58.9 Å². The van der Waals surface area contributed by atoms with E-state index in [1.165, 1.54) is 13.2 Å². The van der Waals surface area contributed by atoms with E-state index < -0.39 is 5.82 Å². The lowest BCUT2D eigenvalue weighted by Crippen LogP contribution is -1.96. The number of benzene rings is 2. The summed E-state index contributed by atoms with van der Waals surface area (Å²) in [6.07, 6.45) is 0.893. The first-order chi connectivity index (χ1) is 9.69. The van der Waals surface area contributed by atoms with E-state index in [2.05, 4.69) is 0 Å². The molecule has 0 saturated carbocycles. The molecule has 0 N–H and O–H groups in total. The highest BCUT2D eigenvalue weighted by atomic mass is 35.5. The first-order valence-corrected chi connectivity index (χ1v) is 6.86. The fraction of sp³-hybridized carbons (Fsp3) is 0.250. The van der Waals surface area contributed by atoms with Crippen molar-refractivity contribution in [1.29, 1.82) is 0 Å². The predicted molar refractivity (Wildman–Crippen MR) is 76.3 cm³/mol. The summed E-state index contributed by atoms with van der Waals surface area (Å²) < 4.78 is 24.1. The third kappa shape index (κ3) is 2.34. The molecule has 1 heterocycles. The fourth-order valence-corrected chi connectivity index (χ4v) is 2.67. The van der Waals surface area contributed by atoms with Gasteiger partial charge in [-0.25, -0.2) is 4.39 Å². The third-order valence-electron chi connectivity index (χ3n) is 3.47. The molecule has 0 bridgehead atoms. The van der Waals surface area contributed by atoms with Crippen LogP contribution in [0, 0.1) is 5.82 Å². The molecule has 2 nitrogen and oxygen atoms in total. The Morgan fingerprint density at radius 3 is 2.70 bits per heavy atom. The molecule has 0 amide bonds. The van der Waals surface area contributed by atoms with Crippen molar-refractivity contribution < 1.29 is 13.9 Å². The molecule has 0 radical (unpaired) electrons. The first kappa shape index (κ1) is 13.3. The molecule has 0 aliphatic carbocycles. The molecule has 3 rings (SSSR count). The van der Waals surface area contributed by atoms with Gasteiger partial charge in [0.2, 0.25) is 0 Å². The van der Waals surface area contributed by atoms with Crippen LogP contribution in [0.3, 0.4) is 0 Å². The van der Waals surface area contributed by atoms with Crippen molar-refractivity contribution in [2.75, 3.05) is 13.7 Å². The van der Waals surface area contributed by atoms with E-state index in [4.69, 9.17) is 21.1 Å². The Morgan fingerprint density at radius 1 is 1.20 bits per heavy atom. The number of rotatable bonds is 3. The molecule has 1 atom stereocenters. The van der Waals surface area contributed by atoms with Crippen molar-refractivity contribution >= 4 is 11.6 Å². The number of hydrogen-bond donors (Lipinski definition) is 0. The zero-order valence-electron chi connectivity index (χ0n) is 11.0. The van der Waals surface area contributed by atoms with Crippen LogP contribution in [0.15, 0.2) is 36.4 Å². The van der Waals surface area contributed by atoms with Gasteiger partial charge in [0.05, 0.1) is 19.1 Å². The van der Waals surface area contributed by atoms with Crippen LogP contribution in [0.25, 0.3) is 0 Å². The molecule has 104 valence electrons. The minimum atomic E-state index is -0.403. The summed E-state index contributed by atoms with van der Waals surface area (Å²) in [5, 5.41) is -0.388. The number of alkyl halides is 1. The standard InChI is InChI=1S/C16H14ClFO2/c1-19-15-5-3-12(9-13(15)18)16(17)11-2-4-14-10(8-11)6-7-20-14/h2-5,8-9,16H,6-7H2,1H3. The van der Waals surface area contributed by atoms with E-state index in [1.807, 2.05) is 18.2 Å². The minimum absolute atomic E-state index is 0.222. The maximum atomic E-state index is 13.7. The highest BCUT2D eigenvalue weighted by Gasteiger charge is 2.17. The quantitative estimate of drug-likeness (QED) is 0.793. The van der Waals surface area contributed by atoms with Crippen LogP contribution in [0.2, 0.25) is 0 Å². The number of ether oxygens (including phenoxy) is 2. The normalized spacial score (nSPS) is 14.6. The van der Waals surface area contributed by atoms with Gasteiger partial charge in [-0.2, -0.15) is 0 Å². The molecule has 0 spiro atoms. The molecule has 2 aromatic rings. The highest BCUT2D eigenvalue weighted by molar-refractivity contribution is 6.22. The summed E-state index contributed by atoms with van der Waals surface area (Å²) in [5.41, 5.74) is 2.81. The van der Waals surface area contributed by atoms with Gasteiger partial charge in [0, 0.05) is 6.42 Å². The Morgan fingerprint density at radius 2 is 1.95 bits per heavy atom. The van der Waals surface area contributed by atoms with Crippen molar-refractivity contribution in [1.82, 2.24) is 0 Å². The second kappa shape index (κ2) is 5.33. The SMILES string of the molecule is COc1ccc(C(Cl)c2ccc3c(c2)CCO3)cc1F. The molecule has 0 aromatic heterocycles. The Kier molecular flexibility index (Phi) is 3.53. The van der Waals surface area contributed by atoms with Gasteiger partial charge in [-0.3, -0.25) is 0 Å². The first-order valence-electron chi connectivity index (χ1n) is 6.42. The van der Waals surface area contributed by atoms with Gasteiger partial charge >= 0.3 is 0 Å². The van der Waals surface area contributed by atoms with Crippen molar-refractivity contribution in [3.8, 4) is 11.5 Å². The Hall–Kier alpha value is -1.74. The average Bonchev–Trinajstić information content (AvgIpc) is 2.93.